The Kier molecular flexibility index (Phi) is 4.40. The molecule has 0 heterocycles. The number of rotatable bonds is 8. The molecule has 2 aliphatic carbocycles. The van der Waals surface area contributed by atoms with Crippen molar-refractivity contribution in [2.24, 2.45) is 17.6 Å². The fourth-order valence-corrected chi connectivity index (χ4v) is 6.63. The first-order valence-corrected chi connectivity index (χ1v) is 8.62. The zero-order valence-corrected chi connectivity index (χ0v) is 13.5. The second kappa shape index (κ2) is 5.58. The van der Waals surface area contributed by atoms with Gasteiger partial charge in [0.05, 0.1) is 4.08 Å². The number of carbonyl (C=O) groups is 2. The Bertz CT molecular complexity index is 531. The van der Waals surface area contributed by atoms with Crippen molar-refractivity contribution in [1.82, 2.24) is 0 Å². The number of hydrogen-bond acceptors (Lipinski definition) is 5. The molecular formula is C14H18FNO4S2. The topological polar surface area (TPSA) is 101 Å². The highest BCUT2D eigenvalue weighted by molar-refractivity contribution is 8.18. The van der Waals surface area contributed by atoms with Gasteiger partial charge in [0.25, 0.3) is 0 Å². The van der Waals surface area contributed by atoms with E-state index in [1.807, 2.05) is 0 Å². The fraction of sp³-hybridized carbons (Fsp3) is 0.571. The summed E-state index contributed by atoms with van der Waals surface area (Å²) in [6, 6.07) is 0. The summed E-state index contributed by atoms with van der Waals surface area (Å²) >= 11 is 2.62. The molecule has 0 spiro atoms. The summed E-state index contributed by atoms with van der Waals surface area (Å²) in [5, 5.41) is 18.7. The molecule has 122 valence electrons. The van der Waals surface area contributed by atoms with E-state index in [9.17, 15) is 24.2 Å². The normalized spacial score (nSPS) is 38.1. The molecule has 0 bridgehead atoms. The van der Waals surface area contributed by atoms with Crippen LogP contribution in [0.4, 0.5) is 4.39 Å². The molecule has 4 N–H and O–H groups in total. The Hall–Kier alpha value is -0.990. The maximum absolute atomic E-state index is 14.9. The van der Waals surface area contributed by atoms with Crippen LogP contribution in [0.1, 0.15) is 6.42 Å². The van der Waals surface area contributed by atoms with E-state index in [4.69, 9.17) is 5.73 Å². The molecule has 5 nitrogen and oxygen atoms in total. The third-order valence-electron chi connectivity index (χ3n) is 4.31. The van der Waals surface area contributed by atoms with Gasteiger partial charge in [-0.05, 0) is 0 Å². The lowest BCUT2D eigenvalue weighted by molar-refractivity contribution is -0.149. The van der Waals surface area contributed by atoms with Gasteiger partial charge in [-0.25, -0.2) is 9.18 Å². The summed E-state index contributed by atoms with van der Waals surface area (Å²) in [6.45, 7) is 7.21. The predicted molar refractivity (Wildman–Crippen MR) is 85.7 cm³/mol. The third kappa shape index (κ3) is 2.19. The predicted octanol–water partition coefficient (Wildman–Crippen LogP) is 1.75. The van der Waals surface area contributed by atoms with Crippen LogP contribution in [0.2, 0.25) is 0 Å². The van der Waals surface area contributed by atoms with Gasteiger partial charge in [-0.3, -0.25) is 4.79 Å². The van der Waals surface area contributed by atoms with E-state index in [0.29, 0.717) is 11.5 Å². The van der Waals surface area contributed by atoms with Crippen LogP contribution in [-0.2, 0) is 9.59 Å². The number of thioether (sulfide) groups is 2. The minimum Gasteiger partial charge on any atom is -0.480 e. The first-order valence-electron chi connectivity index (χ1n) is 6.65. The van der Waals surface area contributed by atoms with Crippen molar-refractivity contribution >= 4 is 35.5 Å². The molecule has 4 atom stereocenters. The minimum absolute atomic E-state index is 0.0145. The molecule has 2 fully saturated rings. The first kappa shape index (κ1) is 17.4. The summed E-state index contributed by atoms with van der Waals surface area (Å²) in [5.74, 6) is -4.24. The summed E-state index contributed by atoms with van der Waals surface area (Å²) in [5.41, 5.74) is 1.47. The van der Waals surface area contributed by atoms with Crippen LogP contribution in [0.5, 0.6) is 0 Å². The maximum atomic E-state index is 14.9. The van der Waals surface area contributed by atoms with Crippen molar-refractivity contribution in [3.05, 3.63) is 25.3 Å². The molecular weight excluding hydrogens is 329 g/mol. The average Bonchev–Trinajstić information content (AvgIpc) is 3.01. The third-order valence-corrected chi connectivity index (χ3v) is 7.60. The van der Waals surface area contributed by atoms with Crippen LogP contribution in [0.25, 0.3) is 0 Å². The van der Waals surface area contributed by atoms with Crippen molar-refractivity contribution in [2.75, 3.05) is 11.5 Å². The summed E-state index contributed by atoms with van der Waals surface area (Å²) < 4.78 is 14.0. The van der Waals surface area contributed by atoms with E-state index in [0.717, 1.165) is 0 Å². The van der Waals surface area contributed by atoms with Crippen LogP contribution >= 0.6 is 23.5 Å². The smallest absolute Gasteiger partial charge is 0.342 e. The Labute approximate surface area is 136 Å². The number of aliphatic carboxylic acids is 2. The Balaban J connectivity index is 2.45. The largest absolute Gasteiger partial charge is 0.480 e. The lowest BCUT2D eigenvalue weighted by Crippen LogP contribution is -2.54. The highest BCUT2D eigenvalue weighted by Crippen LogP contribution is 2.76. The van der Waals surface area contributed by atoms with Gasteiger partial charge in [0.15, 0.2) is 0 Å². The number of fused-ring (bicyclic) bond motifs is 1. The molecule has 0 aromatic heterocycles. The molecule has 4 unspecified atom stereocenters. The van der Waals surface area contributed by atoms with E-state index in [2.05, 4.69) is 13.2 Å². The highest BCUT2D eigenvalue weighted by Gasteiger charge is 2.89. The molecule has 22 heavy (non-hydrogen) atoms. The van der Waals surface area contributed by atoms with Gasteiger partial charge in [0.1, 0.15) is 5.54 Å². The molecule has 0 aliphatic heterocycles. The molecule has 0 aromatic carbocycles. The Morgan fingerprint density at radius 2 is 1.68 bits per heavy atom. The van der Waals surface area contributed by atoms with Gasteiger partial charge in [-0.2, -0.15) is 0 Å². The molecule has 8 heteroatoms. The second-order valence-electron chi connectivity index (χ2n) is 5.56. The summed E-state index contributed by atoms with van der Waals surface area (Å²) in [6.07, 6.45) is 3.26. The summed E-state index contributed by atoms with van der Waals surface area (Å²) in [7, 11) is 0. The molecule has 0 amide bonds. The maximum Gasteiger partial charge on any atom is 0.342 e. The van der Waals surface area contributed by atoms with Gasteiger partial charge in [0, 0.05) is 29.8 Å². The summed E-state index contributed by atoms with van der Waals surface area (Å²) in [4.78, 5) is 22.9. The molecule has 0 aromatic rings. The lowest BCUT2D eigenvalue weighted by Gasteiger charge is -2.35. The average molecular weight is 347 g/mol. The zero-order valence-electron chi connectivity index (χ0n) is 11.8. The van der Waals surface area contributed by atoms with E-state index in [-0.39, 0.29) is 6.42 Å². The van der Waals surface area contributed by atoms with Crippen LogP contribution in [0.3, 0.4) is 0 Å². The quantitative estimate of drug-likeness (QED) is 0.454. The number of hydrogen-bond donors (Lipinski definition) is 3. The van der Waals surface area contributed by atoms with E-state index in [1.165, 1.54) is 23.5 Å². The Morgan fingerprint density at radius 3 is 2.05 bits per heavy atom. The molecule has 2 aliphatic rings. The van der Waals surface area contributed by atoms with Crippen LogP contribution < -0.4 is 5.73 Å². The van der Waals surface area contributed by atoms with Crippen LogP contribution in [0.15, 0.2) is 25.3 Å². The van der Waals surface area contributed by atoms with Crippen molar-refractivity contribution < 1.29 is 24.2 Å². The number of alkyl halides is 1. The lowest BCUT2D eigenvalue weighted by atomic mass is 9.90. The number of carboxylic acid groups (broad SMARTS) is 2. The van der Waals surface area contributed by atoms with Crippen molar-refractivity contribution in [3.63, 3.8) is 0 Å². The molecule has 2 saturated carbocycles. The second-order valence-corrected chi connectivity index (χ2v) is 8.52. The van der Waals surface area contributed by atoms with Crippen LogP contribution in [-0.4, -0.2) is 48.9 Å². The van der Waals surface area contributed by atoms with Gasteiger partial charge in [-0.15, -0.1) is 36.7 Å². The monoisotopic (exact) mass is 347 g/mol. The van der Waals surface area contributed by atoms with Gasteiger partial charge >= 0.3 is 11.9 Å². The van der Waals surface area contributed by atoms with Gasteiger partial charge < -0.3 is 15.9 Å². The van der Waals surface area contributed by atoms with Crippen molar-refractivity contribution in [1.29, 1.82) is 0 Å². The van der Waals surface area contributed by atoms with Crippen molar-refractivity contribution in [2.45, 2.75) is 21.7 Å². The Morgan fingerprint density at radius 1 is 1.18 bits per heavy atom. The first-order chi connectivity index (χ1) is 10.2. The number of nitrogens with two attached hydrogens (primary N) is 1. The molecule has 0 saturated heterocycles. The zero-order chi connectivity index (χ0) is 16.8. The number of carboxylic acids is 2. The van der Waals surface area contributed by atoms with Crippen molar-refractivity contribution in [3.8, 4) is 0 Å². The SMILES string of the molecule is C=CCSC1(SCC=C)CC(N)(C(=O)O)C2C1C2(F)C(=O)O. The minimum atomic E-state index is -2.59. The van der Waals surface area contributed by atoms with E-state index in [1.54, 1.807) is 12.2 Å². The molecule has 0 radical (unpaired) electrons. The van der Waals surface area contributed by atoms with Crippen LogP contribution in [0, 0.1) is 11.8 Å². The van der Waals surface area contributed by atoms with E-state index >= 15 is 0 Å². The number of halogens is 1. The van der Waals surface area contributed by atoms with Gasteiger partial charge in [0.2, 0.25) is 5.67 Å². The van der Waals surface area contributed by atoms with E-state index < -0.39 is 39.1 Å². The fourth-order valence-electron chi connectivity index (χ4n) is 3.43. The standard InChI is InChI=1S/C14H18FNO4S2/c1-3-5-21-13(22-6-4-2)7-12(16,10(17)18)8-9(13)14(8,15)11(19)20/h3-4,8-9H,1-2,5-7,16H2,(H,17,18)(H,19,20). The molecule has 2 rings (SSSR count). The van der Waals surface area contributed by atoms with Gasteiger partial charge in [-0.1, -0.05) is 12.2 Å². The highest BCUT2D eigenvalue weighted by atomic mass is 32.2.